The molecular formula is C17H28N3O3+. The second-order valence-corrected chi connectivity index (χ2v) is 5.90. The highest BCUT2D eigenvalue weighted by Gasteiger charge is 2.17. The Labute approximate surface area is 138 Å². The Morgan fingerprint density at radius 1 is 1.17 bits per heavy atom. The van der Waals surface area contributed by atoms with Crippen LogP contribution in [0.5, 0.6) is 5.75 Å². The number of anilines is 1. The van der Waals surface area contributed by atoms with Gasteiger partial charge in [-0.3, -0.25) is 9.59 Å². The van der Waals surface area contributed by atoms with Crippen LogP contribution in [0.3, 0.4) is 0 Å². The summed E-state index contributed by atoms with van der Waals surface area (Å²) in [5.74, 6) is 0.870. The van der Waals surface area contributed by atoms with Crippen molar-refractivity contribution < 1.29 is 19.2 Å². The normalized spacial score (nSPS) is 11.9. The number of nitrogens with one attached hydrogen (secondary N) is 3. The topological polar surface area (TPSA) is 71.9 Å². The first kappa shape index (κ1) is 19.0. The van der Waals surface area contributed by atoms with Crippen molar-refractivity contribution in [1.29, 1.82) is 0 Å². The van der Waals surface area contributed by atoms with Gasteiger partial charge in [0.2, 0.25) is 0 Å². The van der Waals surface area contributed by atoms with E-state index in [0.29, 0.717) is 37.0 Å². The number of rotatable bonds is 9. The average molecular weight is 322 g/mol. The average Bonchev–Trinajstić information content (AvgIpc) is 2.52. The summed E-state index contributed by atoms with van der Waals surface area (Å²) >= 11 is 0. The minimum atomic E-state index is -0.136. The molecule has 0 spiro atoms. The first-order chi connectivity index (χ1) is 11.0. The van der Waals surface area contributed by atoms with Crippen LogP contribution in [0.1, 0.15) is 20.8 Å². The Morgan fingerprint density at radius 3 is 2.43 bits per heavy atom. The standard InChI is InChI=1S/C17H27N3O3/c1-5-20(11-16(21)18-10-13(2)3)12-17(22)19-14-8-6-7-9-15(14)23-4/h6-9,13H,5,10-12H2,1-4H3,(H,18,21)(H,19,22)/p+1. The molecule has 0 saturated heterocycles. The summed E-state index contributed by atoms with van der Waals surface area (Å²) < 4.78 is 5.21. The summed E-state index contributed by atoms with van der Waals surface area (Å²) in [6, 6.07) is 7.26. The fourth-order valence-electron chi connectivity index (χ4n) is 2.09. The summed E-state index contributed by atoms with van der Waals surface area (Å²) in [6.07, 6.45) is 0. The Bertz CT molecular complexity index is 518. The number of methoxy groups -OCH3 is 1. The van der Waals surface area contributed by atoms with Crippen molar-refractivity contribution in [2.24, 2.45) is 5.92 Å². The third kappa shape index (κ3) is 7.15. The van der Waals surface area contributed by atoms with E-state index in [9.17, 15) is 9.59 Å². The van der Waals surface area contributed by atoms with Crippen molar-refractivity contribution in [1.82, 2.24) is 5.32 Å². The molecule has 0 radical (unpaired) electrons. The third-order valence-corrected chi connectivity index (χ3v) is 3.41. The molecule has 2 amide bonds. The van der Waals surface area contributed by atoms with Crippen LogP contribution in [-0.4, -0.2) is 45.1 Å². The third-order valence-electron chi connectivity index (χ3n) is 3.41. The van der Waals surface area contributed by atoms with E-state index in [0.717, 1.165) is 4.90 Å². The zero-order valence-electron chi connectivity index (χ0n) is 14.4. The van der Waals surface area contributed by atoms with Gasteiger partial charge >= 0.3 is 0 Å². The fourth-order valence-corrected chi connectivity index (χ4v) is 2.09. The van der Waals surface area contributed by atoms with E-state index >= 15 is 0 Å². The van der Waals surface area contributed by atoms with Gasteiger partial charge in [0, 0.05) is 6.54 Å². The maximum absolute atomic E-state index is 12.2. The lowest BCUT2D eigenvalue weighted by Crippen LogP contribution is -3.14. The van der Waals surface area contributed by atoms with E-state index in [-0.39, 0.29) is 18.4 Å². The lowest BCUT2D eigenvalue weighted by Gasteiger charge is -2.18. The van der Waals surface area contributed by atoms with E-state index in [1.54, 1.807) is 19.2 Å². The van der Waals surface area contributed by atoms with Gasteiger partial charge in [-0.25, -0.2) is 0 Å². The van der Waals surface area contributed by atoms with E-state index in [4.69, 9.17) is 4.74 Å². The lowest BCUT2D eigenvalue weighted by molar-refractivity contribution is -0.881. The molecule has 1 rings (SSSR count). The minimum absolute atomic E-state index is 0.0272. The van der Waals surface area contributed by atoms with Gasteiger partial charge in [-0.05, 0) is 25.0 Å². The van der Waals surface area contributed by atoms with Crippen LogP contribution in [0.25, 0.3) is 0 Å². The summed E-state index contributed by atoms with van der Waals surface area (Å²) in [5, 5.41) is 5.71. The number of hydrogen-bond donors (Lipinski definition) is 3. The predicted molar refractivity (Wildman–Crippen MR) is 90.7 cm³/mol. The lowest BCUT2D eigenvalue weighted by atomic mass is 10.2. The Morgan fingerprint density at radius 2 is 1.83 bits per heavy atom. The van der Waals surface area contributed by atoms with Gasteiger partial charge in [0.25, 0.3) is 11.8 Å². The minimum Gasteiger partial charge on any atom is -0.495 e. The molecule has 0 bridgehead atoms. The molecule has 0 fully saturated rings. The highest BCUT2D eigenvalue weighted by Crippen LogP contribution is 2.22. The van der Waals surface area contributed by atoms with Gasteiger partial charge in [0.15, 0.2) is 13.1 Å². The number of carbonyl (C=O) groups excluding carboxylic acids is 2. The quantitative estimate of drug-likeness (QED) is 0.613. The summed E-state index contributed by atoms with van der Waals surface area (Å²) in [6.45, 7) is 7.95. The number of quaternary nitrogens is 1. The van der Waals surface area contributed by atoms with Crippen molar-refractivity contribution >= 4 is 17.5 Å². The zero-order chi connectivity index (χ0) is 17.2. The number of ether oxygens (including phenoxy) is 1. The van der Waals surface area contributed by atoms with E-state index in [2.05, 4.69) is 10.6 Å². The van der Waals surface area contributed by atoms with Crippen LogP contribution >= 0.6 is 0 Å². The maximum atomic E-state index is 12.2. The molecule has 1 aromatic carbocycles. The van der Waals surface area contributed by atoms with Gasteiger partial charge in [0.1, 0.15) is 5.75 Å². The molecule has 128 valence electrons. The van der Waals surface area contributed by atoms with Gasteiger partial charge in [0.05, 0.1) is 19.3 Å². The predicted octanol–water partition coefficient (Wildman–Crippen LogP) is 0.311. The van der Waals surface area contributed by atoms with Crippen LogP contribution in [0.2, 0.25) is 0 Å². The molecular weight excluding hydrogens is 294 g/mol. The second-order valence-electron chi connectivity index (χ2n) is 5.90. The molecule has 6 nitrogen and oxygen atoms in total. The first-order valence-electron chi connectivity index (χ1n) is 7.99. The van der Waals surface area contributed by atoms with Gasteiger partial charge in [-0.2, -0.15) is 0 Å². The van der Waals surface area contributed by atoms with Crippen LogP contribution in [0, 0.1) is 5.92 Å². The van der Waals surface area contributed by atoms with Crippen LogP contribution < -0.4 is 20.3 Å². The van der Waals surface area contributed by atoms with Gasteiger partial charge in [-0.1, -0.05) is 26.0 Å². The molecule has 1 aromatic rings. The molecule has 1 atom stereocenters. The Hall–Kier alpha value is -2.08. The van der Waals surface area contributed by atoms with Crippen LogP contribution in [0.4, 0.5) is 5.69 Å². The molecule has 3 N–H and O–H groups in total. The number of para-hydroxylation sites is 2. The summed E-state index contributed by atoms with van der Waals surface area (Å²) in [4.78, 5) is 25.0. The zero-order valence-corrected chi connectivity index (χ0v) is 14.4. The molecule has 23 heavy (non-hydrogen) atoms. The highest BCUT2D eigenvalue weighted by molar-refractivity contribution is 5.93. The van der Waals surface area contributed by atoms with Gasteiger partial charge < -0.3 is 20.3 Å². The SMILES string of the molecule is CC[NH+](CC(=O)NCC(C)C)CC(=O)Nc1ccccc1OC. The molecule has 0 aromatic heterocycles. The Kier molecular flexibility index (Phi) is 8.11. The highest BCUT2D eigenvalue weighted by atomic mass is 16.5. The number of hydrogen-bond acceptors (Lipinski definition) is 3. The largest absolute Gasteiger partial charge is 0.495 e. The van der Waals surface area contributed by atoms with Crippen molar-refractivity contribution in [3.8, 4) is 5.75 Å². The van der Waals surface area contributed by atoms with Crippen molar-refractivity contribution in [2.75, 3.05) is 38.6 Å². The van der Waals surface area contributed by atoms with E-state index in [1.165, 1.54) is 0 Å². The molecule has 0 aliphatic carbocycles. The Balaban J connectivity index is 2.51. The van der Waals surface area contributed by atoms with Crippen LogP contribution in [0.15, 0.2) is 24.3 Å². The first-order valence-corrected chi connectivity index (χ1v) is 7.99. The number of amides is 2. The molecule has 1 unspecified atom stereocenters. The van der Waals surface area contributed by atoms with Crippen molar-refractivity contribution in [2.45, 2.75) is 20.8 Å². The molecule has 6 heteroatoms. The smallest absolute Gasteiger partial charge is 0.279 e. The number of benzene rings is 1. The van der Waals surface area contributed by atoms with Crippen LogP contribution in [-0.2, 0) is 9.59 Å². The molecule has 0 saturated carbocycles. The number of carbonyl (C=O) groups is 2. The summed E-state index contributed by atoms with van der Waals surface area (Å²) in [7, 11) is 1.56. The summed E-state index contributed by atoms with van der Waals surface area (Å²) in [5.41, 5.74) is 0.639. The molecule has 0 aliphatic rings. The molecule has 0 heterocycles. The van der Waals surface area contributed by atoms with Gasteiger partial charge in [-0.15, -0.1) is 0 Å². The fraction of sp³-hybridized carbons (Fsp3) is 0.529. The number of likely N-dealkylation sites (N-methyl/N-ethyl adjacent to an activating group) is 1. The van der Waals surface area contributed by atoms with E-state index < -0.39 is 0 Å². The molecule has 0 aliphatic heterocycles. The monoisotopic (exact) mass is 322 g/mol. The maximum Gasteiger partial charge on any atom is 0.279 e. The van der Waals surface area contributed by atoms with E-state index in [1.807, 2.05) is 32.9 Å². The van der Waals surface area contributed by atoms with Crippen molar-refractivity contribution in [3.05, 3.63) is 24.3 Å². The van der Waals surface area contributed by atoms with Crippen molar-refractivity contribution in [3.63, 3.8) is 0 Å². The second kappa shape index (κ2) is 9.84.